The van der Waals surface area contributed by atoms with Crippen LogP contribution in [0.1, 0.15) is 22.8 Å². The van der Waals surface area contributed by atoms with E-state index < -0.39 is 15.9 Å². The SMILES string of the molecule is Cc1ccc(S(=O)(=O)Cc2ccccc2C(O)C#N)cc1. The molecule has 0 heterocycles. The Bertz CT molecular complexity index is 774. The van der Waals surface area contributed by atoms with Gasteiger partial charge in [-0.1, -0.05) is 42.0 Å². The average Bonchev–Trinajstić information content (AvgIpc) is 2.47. The lowest BCUT2D eigenvalue weighted by Gasteiger charge is -2.11. The van der Waals surface area contributed by atoms with E-state index in [4.69, 9.17) is 5.26 Å². The van der Waals surface area contributed by atoms with Crippen LogP contribution < -0.4 is 0 Å². The Hall–Kier alpha value is -2.16. The van der Waals surface area contributed by atoms with Crippen molar-refractivity contribution >= 4 is 9.84 Å². The van der Waals surface area contributed by atoms with E-state index in [0.29, 0.717) is 11.1 Å². The Balaban J connectivity index is 2.38. The third-order valence-corrected chi connectivity index (χ3v) is 4.88. The van der Waals surface area contributed by atoms with Crippen molar-refractivity contribution in [2.24, 2.45) is 0 Å². The predicted octanol–water partition coefficient (Wildman–Crippen LogP) is 2.53. The standard InChI is InChI=1S/C16H15NO3S/c1-12-6-8-14(9-7-12)21(19,20)11-13-4-2-3-5-15(13)16(18)10-17/h2-9,16,18H,11H2,1H3. The minimum Gasteiger partial charge on any atom is -0.374 e. The second-order valence-electron chi connectivity index (χ2n) is 4.80. The van der Waals surface area contributed by atoms with E-state index in [9.17, 15) is 13.5 Å². The van der Waals surface area contributed by atoms with E-state index in [0.717, 1.165) is 5.56 Å². The Morgan fingerprint density at radius 1 is 1.14 bits per heavy atom. The monoisotopic (exact) mass is 301 g/mol. The lowest BCUT2D eigenvalue weighted by atomic mass is 10.0. The average molecular weight is 301 g/mol. The molecular formula is C16H15NO3S. The third kappa shape index (κ3) is 3.48. The maximum Gasteiger partial charge on any atom is 0.182 e. The summed E-state index contributed by atoms with van der Waals surface area (Å²) in [5, 5.41) is 18.5. The molecule has 0 saturated carbocycles. The fraction of sp³-hybridized carbons (Fsp3) is 0.188. The zero-order valence-corrected chi connectivity index (χ0v) is 12.3. The summed E-state index contributed by atoms with van der Waals surface area (Å²) in [6.45, 7) is 1.88. The molecule has 2 rings (SSSR count). The lowest BCUT2D eigenvalue weighted by Crippen LogP contribution is -2.08. The molecule has 0 radical (unpaired) electrons. The Morgan fingerprint density at radius 3 is 2.38 bits per heavy atom. The number of nitriles is 1. The van der Waals surface area contributed by atoms with Gasteiger partial charge < -0.3 is 5.11 Å². The number of nitrogens with zero attached hydrogens (tertiary/aromatic N) is 1. The molecule has 0 aliphatic carbocycles. The second-order valence-corrected chi connectivity index (χ2v) is 6.79. The van der Waals surface area contributed by atoms with Crippen LogP contribution in [0.4, 0.5) is 0 Å². The van der Waals surface area contributed by atoms with Crippen LogP contribution in [0, 0.1) is 18.3 Å². The van der Waals surface area contributed by atoms with Crippen molar-refractivity contribution in [3.8, 4) is 6.07 Å². The zero-order valence-electron chi connectivity index (χ0n) is 11.5. The van der Waals surface area contributed by atoms with Gasteiger partial charge in [0.15, 0.2) is 15.9 Å². The molecule has 2 aromatic carbocycles. The molecule has 1 N–H and O–H groups in total. The van der Waals surface area contributed by atoms with Crippen molar-refractivity contribution in [3.05, 3.63) is 65.2 Å². The molecule has 21 heavy (non-hydrogen) atoms. The first-order chi connectivity index (χ1) is 9.94. The minimum atomic E-state index is -3.51. The van der Waals surface area contributed by atoms with E-state index in [1.54, 1.807) is 54.6 Å². The normalized spacial score (nSPS) is 12.6. The molecular weight excluding hydrogens is 286 g/mol. The molecule has 108 valence electrons. The van der Waals surface area contributed by atoms with Crippen LogP contribution in [0.2, 0.25) is 0 Å². The number of aliphatic hydroxyl groups excluding tert-OH is 1. The molecule has 0 aromatic heterocycles. The van der Waals surface area contributed by atoms with Crippen molar-refractivity contribution < 1.29 is 13.5 Å². The van der Waals surface area contributed by atoms with Gasteiger partial charge >= 0.3 is 0 Å². The zero-order chi connectivity index (χ0) is 15.5. The molecule has 1 unspecified atom stereocenters. The summed E-state index contributed by atoms with van der Waals surface area (Å²) in [5.41, 5.74) is 1.75. The van der Waals surface area contributed by atoms with Crippen molar-refractivity contribution in [1.29, 1.82) is 5.26 Å². The molecule has 5 heteroatoms. The van der Waals surface area contributed by atoms with Gasteiger partial charge in [-0.25, -0.2) is 8.42 Å². The molecule has 1 atom stereocenters. The van der Waals surface area contributed by atoms with Crippen molar-refractivity contribution in [2.45, 2.75) is 23.7 Å². The molecule has 0 amide bonds. The Kier molecular flexibility index (Phi) is 4.41. The number of rotatable bonds is 4. The Morgan fingerprint density at radius 2 is 1.76 bits per heavy atom. The van der Waals surface area contributed by atoms with Gasteiger partial charge in [0.05, 0.1) is 16.7 Å². The van der Waals surface area contributed by atoms with E-state index in [1.807, 2.05) is 6.92 Å². The van der Waals surface area contributed by atoms with Gasteiger partial charge in [0.2, 0.25) is 0 Å². The molecule has 0 spiro atoms. The summed E-state index contributed by atoms with van der Waals surface area (Å²) in [6.07, 6.45) is -1.32. The number of aryl methyl sites for hydroxylation is 1. The molecule has 0 aliphatic heterocycles. The van der Waals surface area contributed by atoms with Crippen molar-refractivity contribution in [1.82, 2.24) is 0 Å². The highest BCUT2D eigenvalue weighted by atomic mass is 32.2. The summed E-state index contributed by atoms with van der Waals surface area (Å²) >= 11 is 0. The first kappa shape index (κ1) is 15.2. The molecule has 4 nitrogen and oxygen atoms in total. The summed E-state index contributed by atoms with van der Waals surface area (Å²) in [6, 6.07) is 14.8. The van der Waals surface area contributed by atoms with Gasteiger partial charge in [0.25, 0.3) is 0 Å². The second kappa shape index (κ2) is 6.08. The smallest absolute Gasteiger partial charge is 0.182 e. The van der Waals surface area contributed by atoms with Crippen molar-refractivity contribution in [3.63, 3.8) is 0 Å². The summed E-state index contributed by atoms with van der Waals surface area (Å²) in [4.78, 5) is 0.231. The van der Waals surface area contributed by atoms with Crippen LogP contribution in [0.25, 0.3) is 0 Å². The van der Waals surface area contributed by atoms with E-state index >= 15 is 0 Å². The highest BCUT2D eigenvalue weighted by molar-refractivity contribution is 7.90. The van der Waals surface area contributed by atoms with E-state index in [1.165, 1.54) is 0 Å². The van der Waals surface area contributed by atoms with Gasteiger partial charge in [-0.05, 0) is 30.2 Å². The quantitative estimate of drug-likeness (QED) is 0.880. The van der Waals surface area contributed by atoms with Crippen LogP contribution >= 0.6 is 0 Å². The fourth-order valence-electron chi connectivity index (χ4n) is 2.04. The van der Waals surface area contributed by atoms with Gasteiger partial charge in [-0.15, -0.1) is 0 Å². The number of aliphatic hydroxyl groups is 1. The molecule has 0 bridgehead atoms. The van der Waals surface area contributed by atoms with Crippen LogP contribution in [0.5, 0.6) is 0 Å². The topological polar surface area (TPSA) is 78.2 Å². The van der Waals surface area contributed by atoms with E-state index in [2.05, 4.69) is 0 Å². The van der Waals surface area contributed by atoms with Crippen LogP contribution in [0.3, 0.4) is 0 Å². The summed E-state index contributed by atoms with van der Waals surface area (Å²) in [7, 11) is -3.51. The molecule has 0 aliphatic rings. The van der Waals surface area contributed by atoms with Gasteiger partial charge in [-0.3, -0.25) is 0 Å². The Labute approximate surface area is 124 Å². The van der Waals surface area contributed by atoms with Crippen molar-refractivity contribution in [2.75, 3.05) is 0 Å². The third-order valence-electron chi connectivity index (χ3n) is 3.20. The predicted molar refractivity (Wildman–Crippen MR) is 79.1 cm³/mol. The number of hydrogen-bond acceptors (Lipinski definition) is 4. The van der Waals surface area contributed by atoms with Crippen LogP contribution in [-0.4, -0.2) is 13.5 Å². The first-order valence-electron chi connectivity index (χ1n) is 6.39. The molecule has 2 aromatic rings. The maximum atomic E-state index is 12.4. The lowest BCUT2D eigenvalue weighted by molar-refractivity contribution is 0.235. The van der Waals surface area contributed by atoms with Crippen LogP contribution in [-0.2, 0) is 15.6 Å². The number of benzene rings is 2. The summed E-state index contributed by atoms with van der Waals surface area (Å²) in [5.74, 6) is -0.245. The van der Waals surface area contributed by atoms with Gasteiger partial charge in [0.1, 0.15) is 0 Å². The highest BCUT2D eigenvalue weighted by Gasteiger charge is 2.19. The number of hydrogen-bond donors (Lipinski definition) is 1. The molecule has 0 fully saturated rings. The van der Waals surface area contributed by atoms with Gasteiger partial charge in [0, 0.05) is 0 Å². The van der Waals surface area contributed by atoms with Crippen LogP contribution in [0.15, 0.2) is 53.4 Å². The van der Waals surface area contributed by atoms with E-state index in [-0.39, 0.29) is 10.6 Å². The number of sulfone groups is 1. The van der Waals surface area contributed by atoms with Gasteiger partial charge in [-0.2, -0.15) is 5.26 Å². The minimum absolute atomic E-state index is 0.231. The maximum absolute atomic E-state index is 12.4. The highest BCUT2D eigenvalue weighted by Crippen LogP contribution is 2.23. The largest absolute Gasteiger partial charge is 0.374 e. The summed E-state index contributed by atoms with van der Waals surface area (Å²) < 4.78 is 24.8. The first-order valence-corrected chi connectivity index (χ1v) is 8.04. The molecule has 0 saturated heterocycles. The fourth-order valence-corrected chi connectivity index (χ4v) is 3.43.